The lowest BCUT2D eigenvalue weighted by Crippen LogP contribution is -2.28. The van der Waals surface area contributed by atoms with E-state index in [0.29, 0.717) is 10.8 Å². The quantitative estimate of drug-likeness (QED) is 0.358. The van der Waals surface area contributed by atoms with E-state index in [1.807, 2.05) is 0 Å². The average molecular weight is 340 g/mol. The zero-order chi connectivity index (χ0) is 17.0. The summed E-state index contributed by atoms with van der Waals surface area (Å²) in [6.07, 6.45) is -1.07. The number of nitrogens with zero attached hydrogens (tertiary/aromatic N) is 1. The number of carbonyl (C=O) groups is 1. The molecular formula is C15H11ClFNO5. The summed E-state index contributed by atoms with van der Waals surface area (Å²) in [5.41, 5.74) is -0.519. The van der Waals surface area contributed by atoms with Crippen molar-refractivity contribution >= 4 is 23.3 Å². The van der Waals surface area contributed by atoms with Crippen molar-refractivity contribution in [1.29, 1.82) is 0 Å². The molecule has 6 nitrogen and oxygen atoms in total. The summed E-state index contributed by atoms with van der Waals surface area (Å²) >= 11 is 5.80. The standard InChI is InChI=1S/C15H11ClFNO5/c1-9(22-12-4-2-3-10(16)7-12)15(19)23-14-8-11(17)5-6-13(14)18(20)21/h2-9H,1H3. The molecule has 0 radical (unpaired) electrons. The molecule has 0 heterocycles. The highest BCUT2D eigenvalue weighted by Crippen LogP contribution is 2.28. The predicted octanol–water partition coefficient (Wildman–Crippen LogP) is 3.76. The van der Waals surface area contributed by atoms with Crippen LogP contribution in [-0.4, -0.2) is 17.0 Å². The van der Waals surface area contributed by atoms with Crippen LogP contribution in [-0.2, 0) is 4.79 Å². The summed E-state index contributed by atoms with van der Waals surface area (Å²) in [5, 5.41) is 11.3. The van der Waals surface area contributed by atoms with Crippen molar-refractivity contribution in [3.8, 4) is 11.5 Å². The first-order valence-corrected chi connectivity index (χ1v) is 6.82. The van der Waals surface area contributed by atoms with Crippen LogP contribution in [0.2, 0.25) is 5.02 Å². The van der Waals surface area contributed by atoms with Gasteiger partial charge in [0.2, 0.25) is 5.75 Å². The average Bonchev–Trinajstić information content (AvgIpc) is 2.46. The highest BCUT2D eigenvalue weighted by molar-refractivity contribution is 6.30. The van der Waals surface area contributed by atoms with Crippen LogP contribution in [0.25, 0.3) is 0 Å². The summed E-state index contributed by atoms with van der Waals surface area (Å²) in [6.45, 7) is 1.40. The van der Waals surface area contributed by atoms with E-state index >= 15 is 0 Å². The molecule has 8 heteroatoms. The smallest absolute Gasteiger partial charge is 0.352 e. The molecule has 2 aromatic rings. The van der Waals surface area contributed by atoms with Gasteiger partial charge in [-0.15, -0.1) is 0 Å². The Morgan fingerprint density at radius 1 is 1.30 bits per heavy atom. The van der Waals surface area contributed by atoms with Crippen molar-refractivity contribution in [1.82, 2.24) is 0 Å². The van der Waals surface area contributed by atoms with Gasteiger partial charge < -0.3 is 9.47 Å². The van der Waals surface area contributed by atoms with Crippen molar-refractivity contribution in [2.75, 3.05) is 0 Å². The second-order valence-electron chi connectivity index (χ2n) is 4.51. The minimum atomic E-state index is -1.07. The number of benzene rings is 2. The molecule has 2 rings (SSSR count). The van der Waals surface area contributed by atoms with Crippen molar-refractivity contribution < 1.29 is 23.6 Å². The Morgan fingerprint density at radius 3 is 2.70 bits per heavy atom. The van der Waals surface area contributed by atoms with Crippen LogP contribution in [0.3, 0.4) is 0 Å². The highest BCUT2D eigenvalue weighted by atomic mass is 35.5. The molecule has 0 fully saturated rings. The molecule has 0 aromatic heterocycles. The van der Waals surface area contributed by atoms with Gasteiger partial charge in [-0.05, 0) is 31.2 Å². The summed E-state index contributed by atoms with van der Waals surface area (Å²) in [4.78, 5) is 22.0. The SMILES string of the molecule is CC(Oc1cccc(Cl)c1)C(=O)Oc1cc(F)ccc1[N+](=O)[O-]. The minimum Gasteiger partial charge on any atom is -0.479 e. The van der Waals surface area contributed by atoms with E-state index in [4.69, 9.17) is 21.1 Å². The molecule has 0 saturated carbocycles. The molecule has 120 valence electrons. The van der Waals surface area contributed by atoms with E-state index in [9.17, 15) is 19.3 Å². The topological polar surface area (TPSA) is 78.7 Å². The molecule has 1 atom stereocenters. The fraction of sp³-hybridized carbons (Fsp3) is 0.133. The molecule has 1 unspecified atom stereocenters. The van der Waals surface area contributed by atoms with Gasteiger partial charge in [-0.25, -0.2) is 9.18 Å². The van der Waals surface area contributed by atoms with Gasteiger partial charge in [-0.2, -0.15) is 0 Å². The number of nitro groups is 1. The molecule has 0 saturated heterocycles. The van der Waals surface area contributed by atoms with Crippen LogP contribution in [0.15, 0.2) is 42.5 Å². The Hall–Kier alpha value is -2.67. The third kappa shape index (κ3) is 4.40. The fourth-order valence-corrected chi connectivity index (χ4v) is 1.88. The summed E-state index contributed by atoms with van der Waals surface area (Å²) < 4.78 is 23.4. The molecule has 0 aliphatic carbocycles. The Morgan fingerprint density at radius 2 is 2.04 bits per heavy atom. The number of rotatable bonds is 5. The second-order valence-corrected chi connectivity index (χ2v) is 4.94. The zero-order valence-corrected chi connectivity index (χ0v) is 12.6. The summed E-state index contributed by atoms with van der Waals surface area (Å²) in [7, 11) is 0. The molecule has 0 N–H and O–H groups in total. The van der Waals surface area contributed by atoms with Gasteiger partial charge in [0.25, 0.3) is 0 Å². The van der Waals surface area contributed by atoms with Gasteiger partial charge in [0.1, 0.15) is 11.6 Å². The van der Waals surface area contributed by atoms with E-state index in [2.05, 4.69) is 0 Å². The molecule has 0 amide bonds. The van der Waals surface area contributed by atoms with E-state index in [1.54, 1.807) is 18.2 Å². The van der Waals surface area contributed by atoms with E-state index in [1.165, 1.54) is 13.0 Å². The van der Waals surface area contributed by atoms with Gasteiger partial charge in [0.15, 0.2) is 6.10 Å². The lowest BCUT2D eigenvalue weighted by atomic mass is 10.3. The molecule has 0 aliphatic heterocycles. The van der Waals surface area contributed by atoms with Crippen molar-refractivity contribution in [2.24, 2.45) is 0 Å². The van der Waals surface area contributed by atoms with Crippen molar-refractivity contribution in [2.45, 2.75) is 13.0 Å². The monoisotopic (exact) mass is 339 g/mol. The maximum atomic E-state index is 13.2. The van der Waals surface area contributed by atoms with Crippen LogP contribution in [0.1, 0.15) is 6.92 Å². The number of carbonyl (C=O) groups excluding carboxylic acids is 1. The Labute approximate surface area is 135 Å². The molecule has 0 spiro atoms. The number of esters is 1. The first-order valence-electron chi connectivity index (χ1n) is 6.44. The maximum absolute atomic E-state index is 13.2. The van der Waals surface area contributed by atoms with Crippen molar-refractivity contribution in [3.63, 3.8) is 0 Å². The minimum absolute atomic E-state index is 0.329. The Kier molecular flexibility index (Phi) is 5.13. The zero-order valence-electron chi connectivity index (χ0n) is 11.9. The van der Waals surface area contributed by atoms with E-state index < -0.39 is 34.3 Å². The van der Waals surface area contributed by atoms with Crippen LogP contribution >= 0.6 is 11.6 Å². The summed E-state index contributed by atoms with van der Waals surface area (Å²) in [5.74, 6) is -1.82. The van der Waals surface area contributed by atoms with Gasteiger partial charge in [0.05, 0.1) is 4.92 Å². The third-order valence-electron chi connectivity index (χ3n) is 2.77. The first kappa shape index (κ1) is 16.7. The van der Waals surface area contributed by atoms with Crippen LogP contribution in [0.4, 0.5) is 10.1 Å². The number of hydrogen-bond donors (Lipinski definition) is 0. The lowest BCUT2D eigenvalue weighted by Gasteiger charge is -2.14. The number of halogens is 2. The largest absolute Gasteiger partial charge is 0.479 e. The van der Waals surface area contributed by atoms with Crippen LogP contribution in [0.5, 0.6) is 11.5 Å². The van der Waals surface area contributed by atoms with Gasteiger partial charge in [0, 0.05) is 17.2 Å². The number of nitro benzene ring substituents is 1. The highest BCUT2D eigenvalue weighted by Gasteiger charge is 2.23. The van der Waals surface area contributed by atoms with Crippen molar-refractivity contribution in [3.05, 3.63) is 63.4 Å². The van der Waals surface area contributed by atoms with Gasteiger partial charge in [-0.1, -0.05) is 17.7 Å². The molecular weight excluding hydrogens is 329 g/mol. The maximum Gasteiger partial charge on any atom is 0.352 e. The second kappa shape index (κ2) is 7.06. The number of hydrogen-bond acceptors (Lipinski definition) is 5. The third-order valence-corrected chi connectivity index (χ3v) is 3.01. The summed E-state index contributed by atoms with van der Waals surface area (Å²) in [6, 6.07) is 8.93. The van der Waals surface area contributed by atoms with Gasteiger partial charge >= 0.3 is 11.7 Å². The predicted molar refractivity (Wildman–Crippen MR) is 80.2 cm³/mol. The Balaban J connectivity index is 2.12. The first-order chi connectivity index (χ1) is 10.9. The molecule has 2 aromatic carbocycles. The fourth-order valence-electron chi connectivity index (χ4n) is 1.70. The van der Waals surface area contributed by atoms with E-state index in [-0.39, 0.29) is 0 Å². The normalized spacial score (nSPS) is 11.6. The van der Waals surface area contributed by atoms with E-state index in [0.717, 1.165) is 18.2 Å². The Bertz CT molecular complexity index is 752. The molecule has 23 heavy (non-hydrogen) atoms. The molecule has 0 bridgehead atoms. The van der Waals surface area contributed by atoms with Crippen LogP contribution in [0, 0.1) is 15.9 Å². The lowest BCUT2D eigenvalue weighted by molar-refractivity contribution is -0.385. The number of ether oxygens (including phenoxy) is 2. The van der Waals surface area contributed by atoms with Crippen LogP contribution < -0.4 is 9.47 Å². The molecule has 0 aliphatic rings. The van der Waals surface area contributed by atoms with Gasteiger partial charge in [-0.3, -0.25) is 10.1 Å².